The van der Waals surface area contributed by atoms with Gasteiger partial charge >= 0.3 is 0 Å². The fourth-order valence-corrected chi connectivity index (χ4v) is 1.90. The average Bonchev–Trinajstić information content (AvgIpc) is 2.26. The first kappa shape index (κ1) is 13.0. The van der Waals surface area contributed by atoms with Crippen molar-refractivity contribution in [1.29, 1.82) is 0 Å². The zero-order chi connectivity index (χ0) is 12.0. The Morgan fingerprint density at radius 2 is 2.00 bits per heavy atom. The van der Waals surface area contributed by atoms with E-state index in [1.165, 1.54) is 0 Å². The molecule has 16 heavy (non-hydrogen) atoms. The third kappa shape index (κ3) is 4.20. The van der Waals surface area contributed by atoms with E-state index >= 15 is 0 Å². The van der Waals surface area contributed by atoms with Gasteiger partial charge in [0.05, 0.1) is 5.75 Å². The van der Waals surface area contributed by atoms with Gasteiger partial charge in [-0.3, -0.25) is 4.72 Å². The van der Waals surface area contributed by atoms with Crippen molar-refractivity contribution in [2.24, 2.45) is 0 Å². The summed E-state index contributed by atoms with van der Waals surface area (Å²) < 4.78 is 25.3. The van der Waals surface area contributed by atoms with Gasteiger partial charge in [-0.2, -0.15) is 0 Å². The second-order valence-electron chi connectivity index (χ2n) is 3.49. The summed E-state index contributed by atoms with van der Waals surface area (Å²) in [7, 11) is -3.18. The predicted molar refractivity (Wildman–Crippen MR) is 66.9 cm³/mol. The highest BCUT2D eigenvalue weighted by molar-refractivity contribution is 7.92. The number of hydrogen-bond donors (Lipinski definition) is 2. The van der Waals surface area contributed by atoms with E-state index in [0.717, 1.165) is 18.7 Å². The lowest BCUT2D eigenvalue weighted by molar-refractivity contribution is 0.602. The molecule has 0 bridgehead atoms. The molecule has 0 radical (unpaired) electrons. The van der Waals surface area contributed by atoms with E-state index in [0.29, 0.717) is 5.69 Å². The summed E-state index contributed by atoms with van der Waals surface area (Å²) in [6.45, 7) is 5.29. The van der Waals surface area contributed by atoms with Crippen molar-refractivity contribution in [1.82, 2.24) is 5.32 Å². The van der Waals surface area contributed by atoms with E-state index in [1.807, 2.05) is 25.1 Å². The zero-order valence-electron chi connectivity index (χ0n) is 9.66. The van der Waals surface area contributed by atoms with Crippen LogP contribution in [0.1, 0.15) is 19.4 Å². The second-order valence-corrected chi connectivity index (χ2v) is 5.50. The molecule has 1 aromatic rings. The molecular formula is C11H18N2O2S. The van der Waals surface area contributed by atoms with Gasteiger partial charge in [-0.15, -0.1) is 0 Å². The van der Waals surface area contributed by atoms with Gasteiger partial charge in [-0.05, 0) is 31.2 Å². The van der Waals surface area contributed by atoms with E-state index in [1.54, 1.807) is 13.0 Å². The molecule has 0 aliphatic rings. The first-order valence-corrected chi connectivity index (χ1v) is 7.02. The van der Waals surface area contributed by atoms with E-state index < -0.39 is 10.0 Å². The highest BCUT2D eigenvalue weighted by Gasteiger charge is 2.06. The van der Waals surface area contributed by atoms with Crippen LogP contribution in [0, 0.1) is 0 Å². The molecule has 0 fully saturated rings. The molecule has 90 valence electrons. The minimum atomic E-state index is -3.18. The van der Waals surface area contributed by atoms with Gasteiger partial charge in [0.2, 0.25) is 10.0 Å². The monoisotopic (exact) mass is 242 g/mol. The second kappa shape index (κ2) is 5.86. The minimum absolute atomic E-state index is 0.0877. The number of rotatable bonds is 6. The van der Waals surface area contributed by atoms with Crippen LogP contribution < -0.4 is 10.0 Å². The number of hydrogen-bond acceptors (Lipinski definition) is 3. The van der Waals surface area contributed by atoms with Crippen LogP contribution in [-0.4, -0.2) is 20.7 Å². The molecule has 1 rings (SSSR count). The Labute approximate surface area is 97.1 Å². The van der Waals surface area contributed by atoms with Crippen molar-refractivity contribution >= 4 is 15.7 Å². The Hall–Kier alpha value is -1.07. The first-order chi connectivity index (χ1) is 7.57. The Morgan fingerprint density at radius 3 is 2.62 bits per heavy atom. The largest absolute Gasteiger partial charge is 0.313 e. The maximum Gasteiger partial charge on any atom is 0.232 e. The molecule has 0 spiro atoms. The topological polar surface area (TPSA) is 58.2 Å². The van der Waals surface area contributed by atoms with Crippen molar-refractivity contribution in [3.8, 4) is 0 Å². The summed E-state index contributed by atoms with van der Waals surface area (Å²) >= 11 is 0. The van der Waals surface area contributed by atoms with Crippen molar-refractivity contribution in [3.63, 3.8) is 0 Å². The van der Waals surface area contributed by atoms with Crippen LogP contribution in [0.5, 0.6) is 0 Å². The molecule has 1 aromatic carbocycles. The summed E-state index contributed by atoms with van der Waals surface area (Å²) in [5, 5.41) is 3.19. The number of benzene rings is 1. The number of sulfonamides is 1. The maximum absolute atomic E-state index is 11.4. The van der Waals surface area contributed by atoms with Crippen molar-refractivity contribution in [3.05, 3.63) is 29.8 Å². The van der Waals surface area contributed by atoms with Crippen molar-refractivity contribution < 1.29 is 8.42 Å². The van der Waals surface area contributed by atoms with Crippen LogP contribution in [0.15, 0.2) is 24.3 Å². The molecule has 0 aromatic heterocycles. The van der Waals surface area contributed by atoms with Gasteiger partial charge in [0.25, 0.3) is 0 Å². The van der Waals surface area contributed by atoms with Gasteiger partial charge in [0.1, 0.15) is 0 Å². The molecule has 0 aliphatic heterocycles. The fourth-order valence-electron chi connectivity index (χ4n) is 1.27. The summed E-state index contributed by atoms with van der Waals surface area (Å²) in [5.74, 6) is 0.0877. The average molecular weight is 242 g/mol. The molecule has 0 aliphatic carbocycles. The SMILES string of the molecule is CCNCc1cccc(NS(=O)(=O)CC)c1. The van der Waals surface area contributed by atoms with E-state index in [9.17, 15) is 8.42 Å². The summed E-state index contributed by atoms with van der Waals surface area (Å²) in [4.78, 5) is 0. The summed E-state index contributed by atoms with van der Waals surface area (Å²) in [5.41, 5.74) is 1.69. The normalized spacial score (nSPS) is 11.4. The third-order valence-electron chi connectivity index (χ3n) is 2.16. The van der Waals surface area contributed by atoms with E-state index in [-0.39, 0.29) is 5.75 Å². The first-order valence-electron chi connectivity index (χ1n) is 5.37. The third-order valence-corrected chi connectivity index (χ3v) is 3.47. The van der Waals surface area contributed by atoms with Gasteiger partial charge in [0.15, 0.2) is 0 Å². The van der Waals surface area contributed by atoms with Crippen LogP contribution in [0.4, 0.5) is 5.69 Å². The lowest BCUT2D eigenvalue weighted by atomic mass is 10.2. The smallest absolute Gasteiger partial charge is 0.232 e. The fraction of sp³-hybridized carbons (Fsp3) is 0.455. The summed E-state index contributed by atoms with van der Waals surface area (Å²) in [6, 6.07) is 7.41. The highest BCUT2D eigenvalue weighted by Crippen LogP contribution is 2.12. The maximum atomic E-state index is 11.4. The molecule has 0 heterocycles. The Bertz CT molecular complexity index is 429. The Kier molecular flexibility index (Phi) is 4.76. The van der Waals surface area contributed by atoms with Gasteiger partial charge in [0, 0.05) is 12.2 Å². The van der Waals surface area contributed by atoms with Gasteiger partial charge in [-0.1, -0.05) is 19.1 Å². The summed E-state index contributed by atoms with van der Waals surface area (Å²) in [6.07, 6.45) is 0. The van der Waals surface area contributed by atoms with Crippen molar-refractivity contribution in [2.75, 3.05) is 17.0 Å². The number of anilines is 1. The van der Waals surface area contributed by atoms with Gasteiger partial charge < -0.3 is 5.32 Å². The molecule has 5 heteroatoms. The molecule has 0 saturated heterocycles. The van der Waals surface area contributed by atoms with Crippen LogP contribution in [0.3, 0.4) is 0 Å². The molecular weight excluding hydrogens is 224 g/mol. The Balaban J connectivity index is 2.75. The molecule has 0 saturated carbocycles. The predicted octanol–water partition coefficient (Wildman–Crippen LogP) is 1.56. The number of nitrogens with one attached hydrogen (secondary N) is 2. The van der Waals surface area contributed by atoms with Crippen molar-refractivity contribution in [2.45, 2.75) is 20.4 Å². The molecule has 0 unspecified atom stereocenters. The van der Waals surface area contributed by atoms with Crippen LogP contribution in [0.2, 0.25) is 0 Å². The quantitative estimate of drug-likeness (QED) is 0.796. The lowest BCUT2D eigenvalue weighted by Crippen LogP contribution is -2.15. The lowest BCUT2D eigenvalue weighted by Gasteiger charge is -2.08. The van der Waals surface area contributed by atoms with E-state index in [2.05, 4.69) is 10.0 Å². The molecule has 4 nitrogen and oxygen atoms in total. The minimum Gasteiger partial charge on any atom is -0.313 e. The molecule has 0 atom stereocenters. The van der Waals surface area contributed by atoms with Crippen LogP contribution in [-0.2, 0) is 16.6 Å². The van der Waals surface area contributed by atoms with Crippen LogP contribution in [0.25, 0.3) is 0 Å². The van der Waals surface area contributed by atoms with Gasteiger partial charge in [-0.25, -0.2) is 8.42 Å². The standard InChI is InChI=1S/C11H18N2O2S/c1-3-12-9-10-6-5-7-11(8-10)13-16(14,15)4-2/h5-8,12-13H,3-4,9H2,1-2H3. The highest BCUT2D eigenvalue weighted by atomic mass is 32.2. The molecule has 0 amide bonds. The molecule has 2 N–H and O–H groups in total. The van der Waals surface area contributed by atoms with Crippen LogP contribution >= 0.6 is 0 Å². The Morgan fingerprint density at radius 1 is 1.25 bits per heavy atom. The zero-order valence-corrected chi connectivity index (χ0v) is 10.5. The van der Waals surface area contributed by atoms with E-state index in [4.69, 9.17) is 0 Å².